The molecule has 1 aromatic heterocycles. The molecule has 4 heteroatoms. The Balaban J connectivity index is 2.00. The molecule has 2 N–H and O–H groups in total. The van der Waals surface area contributed by atoms with Crippen LogP contribution in [-0.4, -0.2) is 24.0 Å². The van der Waals surface area contributed by atoms with Gasteiger partial charge in [0, 0.05) is 30.2 Å². The molecule has 1 aromatic carbocycles. The number of amides is 1. The monoisotopic (exact) mass is 254 g/mol. The molecular weight excluding hydrogens is 238 g/mol. The molecule has 1 saturated heterocycles. The number of anilines is 1. The normalized spacial score (nSPS) is 15.7. The molecule has 0 atom stereocenters. The zero-order valence-corrected chi connectivity index (χ0v) is 10.7. The number of hydrogen-bond donors (Lipinski definition) is 1. The van der Waals surface area contributed by atoms with Crippen LogP contribution in [0, 0.1) is 6.07 Å². The van der Waals surface area contributed by atoms with Crippen molar-refractivity contribution in [1.29, 1.82) is 0 Å². The molecule has 1 aliphatic heterocycles. The van der Waals surface area contributed by atoms with Crippen molar-refractivity contribution in [3.05, 3.63) is 36.0 Å². The Kier molecular flexibility index (Phi) is 3.07. The third-order valence-corrected chi connectivity index (χ3v) is 3.56. The van der Waals surface area contributed by atoms with Crippen LogP contribution in [0.25, 0.3) is 10.9 Å². The van der Waals surface area contributed by atoms with Gasteiger partial charge in [-0.1, -0.05) is 6.07 Å². The van der Waals surface area contributed by atoms with Crippen molar-refractivity contribution in [3.8, 4) is 0 Å². The number of hydrogen-bond acceptors (Lipinski definition) is 3. The Bertz CT molecular complexity index is 618. The Hall–Kier alpha value is -2.10. The van der Waals surface area contributed by atoms with Gasteiger partial charge in [0.2, 0.25) is 0 Å². The maximum atomic E-state index is 11.2. The van der Waals surface area contributed by atoms with Crippen molar-refractivity contribution in [2.75, 3.05) is 18.0 Å². The number of fused-ring (bicyclic) bond motifs is 1. The van der Waals surface area contributed by atoms with Crippen LogP contribution in [0.4, 0.5) is 5.69 Å². The molecule has 0 saturated carbocycles. The molecule has 1 radical (unpaired) electrons. The maximum absolute atomic E-state index is 11.2. The highest BCUT2D eigenvalue weighted by Gasteiger charge is 2.12. The van der Waals surface area contributed by atoms with Crippen LogP contribution in [0.3, 0.4) is 0 Å². The van der Waals surface area contributed by atoms with Gasteiger partial charge in [-0.15, -0.1) is 0 Å². The lowest BCUT2D eigenvalue weighted by molar-refractivity contribution is 0.0996. The number of rotatable bonds is 2. The van der Waals surface area contributed by atoms with Gasteiger partial charge in [-0.05, 0) is 37.5 Å². The van der Waals surface area contributed by atoms with Crippen LogP contribution in [0.15, 0.2) is 24.3 Å². The Morgan fingerprint density at radius 3 is 2.79 bits per heavy atom. The predicted molar refractivity (Wildman–Crippen MR) is 75.2 cm³/mol. The highest BCUT2D eigenvalue weighted by molar-refractivity contribution is 5.94. The molecule has 19 heavy (non-hydrogen) atoms. The van der Waals surface area contributed by atoms with E-state index in [1.54, 1.807) is 6.07 Å². The Morgan fingerprint density at radius 1 is 1.26 bits per heavy atom. The second-order valence-corrected chi connectivity index (χ2v) is 4.90. The van der Waals surface area contributed by atoms with E-state index >= 15 is 0 Å². The van der Waals surface area contributed by atoms with Gasteiger partial charge < -0.3 is 10.6 Å². The molecule has 1 aliphatic rings. The summed E-state index contributed by atoms with van der Waals surface area (Å²) >= 11 is 0. The summed E-state index contributed by atoms with van der Waals surface area (Å²) in [4.78, 5) is 17.8. The highest BCUT2D eigenvalue weighted by Crippen LogP contribution is 2.23. The van der Waals surface area contributed by atoms with E-state index in [0.717, 1.165) is 29.7 Å². The molecule has 0 unspecified atom stereocenters. The lowest BCUT2D eigenvalue weighted by Gasteiger charge is -2.28. The molecule has 2 heterocycles. The second-order valence-electron chi connectivity index (χ2n) is 4.90. The summed E-state index contributed by atoms with van der Waals surface area (Å²) in [6, 6.07) is 10.7. The van der Waals surface area contributed by atoms with Crippen molar-refractivity contribution in [2.45, 2.75) is 19.3 Å². The second kappa shape index (κ2) is 4.88. The van der Waals surface area contributed by atoms with Gasteiger partial charge in [0.05, 0.1) is 5.52 Å². The lowest BCUT2D eigenvalue weighted by Crippen LogP contribution is -2.29. The summed E-state index contributed by atoms with van der Waals surface area (Å²) in [5.41, 5.74) is 7.43. The average molecular weight is 254 g/mol. The summed E-state index contributed by atoms with van der Waals surface area (Å²) in [7, 11) is 0. The van der Waals surface area contributed by atoms with E-state index in [9.17, 15) is 4.79 Å². The van der Waals surface area contributed by atoms with Gasteiger partial charge in [-0.2, -0.15) is 0 Å². The minimum absolute atomic E-state index is 0.309. The van der Waals surface area contributed by atoms with Crippen LogP contribution in [0.2, 0.25) is 0 Å². The molecule has 0 spiro atoms. The fourth-order valence-electron chi connectivity index (χ4n) is 2.50. The quantitative estimate of drug-likeness (QED) is 0.893. The van der Waals surface area contributed by atoms with Crippen LogP contribution in [0.5, 0.6) is 0 Å². The summed E-state index contributed by atoms with van der Waals surface area (Å²) in [6.07, 6.45) is 3.75. The van der Waals surface area contributed by atoms with E-state index in [2.05, 4.69) is 16.0 Å². The van der Waals surface area contributed by atoms with Crippen molar-refractivity contribution in [2.24, 2.45) is 5.73 Å². The molecular formula is C15H16N3O. The molecule has 3 rings (SSSR count). The number of carbonyl (C=O) groups excluding carboxylic acids is 1. The van der Waals surface area contributed by atoms with Crippen LogP contribution in [0.1, 0.15) is 29.8 Å². The molecule has 1 fully saturated rings. The number of benzene rings is 1. The number of nitrogens with zero attached hydrogens (tertiary/aromatic N) is 2. The van der Waals surface area contributed by atoms with Crippen LogP contribution in [-0.2, 0) is 0 Å². The number of primary amides is 1. The topological polar surface area (TPSA) is 59.2 Å². The van der Waals surface area contributed by atoms with E-state index in [0.29, 0.717) is 5.69 Å². The first-order valence-corrected chi connectivity index (χ1v) is 6.61. The number of nitrogens with two attached hydrogens (primary N) is 1. The van der Waals surface area contributed by atoms with Crippen LogP contribution < -0.4 is 10.6 Å². The SMILES string of the molecule is NC(=O)c1ccc2c[c]c(N3CCCCC3)cc2n1. The molecule has 97 valence electrons. The first-order chi connectivity index (χ1) is 9.24. The van der Waals surface area contributed by atoms with Crippen molar-refractivity contribution in [1.82, 2.24) is 4.98 Å². The highest BCUT2D eigenvalue weighted by atomic mass is 16.1. The van der Waals surface area contributed by atoms with Crippen molar-refractivity contribution >= 4 is 22.5 Å². The van der Waals surface area contributed by atoms with Gasteiger partial charge in [0.15, 0.2) is 0 Å². The molecule has 4 nitrogen and oxygen atoms in total. The minimum atomic E-state index is -0.491. The zero-order valence-electron chi connectivity index (χ0n) is 10.7. The van der Waals surface area contributed by atoms with Gasteiger partial charge in [0.25, 0.3) is 5.91 Å². The molecule has 1 amide bonds. The largest absolute Gasteiger partial charge is 0.371 e. The first-order valence-electron chi connectivity index (χ1n) is 6.61. The van der Waals surface area contributed by atoms with Gasteiger partial charge in [-0.3, -0.25) is 4.79 Å². The first kappa shape index (κ1) is 12.0. The fraction of sp³-hybridized carbons (Fsp3) is 0.333. The van der Waals surface area contributed by atoms with E-state index in [1.807, 2.05) is 18.2 Å². The average Bonchev–Trinajstić information content (AvgIpc) is 2.47. The molecule has 0 aliphatic carbocycles. The van der Waals surface area contributed by atoms with E-state index in [-0.39, 0.29) is 0 Å². The van der Waals surface area contributed by atoms with E-state index in [4.69, 9.17) is 5.73 Å². The summed E-state index contributed by atoms with van der Waals surface area (Å²) < 4.78 is 0. The third-order valence-electron chi connectivity index (χ3n) is 3.56. The minimum Gasteiger partial charge on any atom is -0.371 e. The fourth-order valence-corrected chi connectivity index (χ4v) is 2.50. The van der Waals surface area contributed by atoms with Crippen molar-refractivity contribution < 1.29 is 4.79 Å². The van der Waals surface area contributed by atoms with Crippen LogP contribution >= 0.6 is 0 Å². The number of pyridine rings is 1. The summed E-state index contributed by atoms with van der Waals surface area (Å²) in [6.45, 7) is 2.13. The standard InChI is InChI=1S/C15H16N3O/c16-15(19)13-7-5-11-4-6-12(10-14(11)17-13)18-8-2-1-3-9-18/h4-5,7,10H,1-3,8-9H2,(H2,16,19). The van der Waals surface area contributed by atoms with Crippen molar-refractivity contribution in [3.63, 3.8) is 0 Å². The van der Waals surface area contributed by atoms with Gasteiger partial charge >= 0.3 is 0 Å². The number of carbonyl (C=O) groups is 1. The van der Waals surface area contributed by atoms with Gasteiger partial charge in [0.1, 0.15) is 5.69 Å². The maximum Gasteiger partial charge on any atom is 0.267 e. The smallest absolute Gasteiger partial charge is 0.267 e. The molecule has 0 bridgehead atoms. The summed E-state index contributed by atoms with van der Waals surface area (Å²) in [5.74, 6) is -0.491. The van der Waals surface area contributed by atoms with E-state index < -0.39 is 5.91 Å². The third kappa shape index (κ3) is 2.38. The Morgan fingerprint density at radius 2 is 2.05 bits per heavy atom. The zero-order chi connectivity index (χ0) is 13.2. The Labute approximate surface area is 112 Å². The molecule has 2 aromatic rings. The number of aromatic nitrogens is 1. The summed E-state index contributed by atoms with van der Waals surface area (Å²) in [5, 5.41) is 0.978. The van der Waals surface area contributed by atoms with Gasteiger partial charge in [-0.25, -0.2) is 4.98 Å². The van der Waals surface area contributed by atoms with E-state index in [1.165, 1.54) is 19.3 Å². The predicted octanol–water partition coefficient (Wildman–Crippen LogP) is 2.12. The number of piperidine rings is 1. The lowest BCUT2D eigenvalue weighted by atomic mass is 10.1.